The van der Waals surface area contributed by atoms with Crippen molar-refractivity contribution >= 4 is 29.0 Å². The van der Waals surface area contributed by atoms with Crippen LogP contribution >= 0.6 is 11.6 Å². The summed E-state index contributed by atoms with van der Waals surface area (Å²) in [4.78, 5) is 15.9. The van der Waals surface area contributed by atoms with Gasteiger partial charge in [-0.1, -0.05) is 32.4 Å². The van der Waals surface area contributed by atoms with E-state index in [1.165, 1.54) is 14.2 Å². The number of aromatic nitrogens is 4. The smallest absolute Gasteiger partial charge is 0.411 e. The Balaban J connectivity index is 2.02. The van der Waals surface area contributed by atoms with Gasteiger partial charge < -0.3 is 9.47 Å². The second kappa shape index (κ2) is 6.53. The van der Waals surface area contributed by atoms with Crippen LogP contribution in [0, 0.1) is 0 Å². The highest BCUT2D eigenvalue weighted by Gasteiger charge is 2.25. The van der Waals surface area contributed by atoms with Gasteiger partial charge in [-0.2, -0.15) is 4.63 Å². The number of amides is 1. The molecule has 0 spiro atoms. The molecule has 0 atom stereocenters. The monoisotopic (exact) mass is 377 g/mol. The summed E-state index contributed by atoms with van der Waals surface area (Å²) in [5.41, 5.74) is 2.47. The van der Waals surface area contributed by atoms with Crippen LogP contribution in [0.25, 0.3) is 17.0 Å². The van der Waals surface area contributed by atoms with Crippen LogP contribution in [0.5, 0.6) is 5.75 Å². The Morgan fingerprint density at radius 2 is 2.04 bits per heavy atom. The molecule has 8 nitrogen and oxygen atoms in total. The molecular weight excluding hydrogens is 358 g/mol. The number of ether oxygens (including phenoxy) is 2. The number of aromatic amines is 1. The number of methoxy groups -OCH3 is 2. The molecule has 0 unspecified atom stereocenters. The second-order valence-corrected chi connectivity index (χ2v) is 7.13. The third-order valence-corrected chi connectivity index (χ3v) is 4.22. The first-order valence-corrected chi connectivity index (χ1v) is 8.30. The highest BCUT2D eigenvalue weighted by Crippen LogP contribution is 2.34. The number of rotatable bonds is 3. The molecule has 0 bridgehead atoms. The first kappa shape index (κ1) is 18.1. The van der Waals surface area contributed by atoms with Crippen molar-refractivity contribution in [2.24, 2.45) is 0 Å². The van der Waals surface area contributed by atoms with Crippen molar-refractivity contribution in [1.82, 2.24) is 19.8 Å². The Bertz CT molecular complexity index is 971. The van der Waals surface area contributed by atoms with Crippen molar-refractivity contribution in [3.05, 3.63) is 28.9 Å². The number of halogens is 1. The summed E-state index contributed by atoms with van der Waals surface area (Å²) in [6.45, 7) is 6.17. The number of hydrogen-bond donors (Lipinski definition) is 2. The van der Waals surface area contributed by atoms with Gasteiger partial charge in [-0.25, -0.2) is 9.78 Å². The molecule has 0 aliphatic carbocycles. The fourth-order valence-electron chi connectivity index (χ4n) is 2.53. The predicted octanol–water partition coefficient (Wildman–Crippen LogP) is 3.86. The molecule has 3 aromatic rings. The maximum absolute atomic E-state index is 11.3. The standard InChI is InChI=1S/C17H20ClN5O3/c1-17(2,3)13-12(18)15-20-14(22-23(15)21-13)10-7-6-9(8-11(10)25-4)19-16(24)26-5/h6-8,21H,1-5H3,(H,19,24). The fourth-order valence-corrected chi connectivity index (χ4v) is 2.98. The van der Waals surface area contributed by atoms with Gasteiger partial charge in [0.25, 0.3) is 0 Å². The summed E-state index contributed by atoms with van der Waals surface area (Å²) < 4.78 is 11.6. The number of carbonyl (C=O) groups is 1. The molecule has 2 N–H and O–H groups in total. The van der Waals surface area contributed by atoms with E-state index in [2.05, 4.69) is 46.0 Å². The van der Waals surface area contributed by atoms with Gasteiger partial charge in [0.05, 0.1) is 25.5 Å². The van der Waals surface area contributed by atoms with Crippen LogP contribution in [0.15, 0.2) is 18.2 Å². The fraction of sp³-hybridized carbons (Fsp3) is 0.353. The molecule has 1 aromatic carbocycles. The van der Waals surface area contributed by atoms with Crippen molar-refractivity contribution in [2.45, 2.75) is 26.2 Å². The van der Waals surface area contributed by atoms with Gasteiger partial charge in [0.15, 0.2) is 11.5 Å². The maximum Gasteiger partial charge on any atom is 0.411 e. The minimum atomic E-state index is -0.560. The summed E-state index contributed by atoms with van der Waals surface area (Å²) in [6.07, 6.45) is -0.560. The summed E-state index contributed by atoms with van der Waals surface area (Å²) in [5, 5.41) is 10.8. The lowest BCUT2D eigenvalue weighted by molar-refractivity contribution is 0.187. The van der Waals surface area contributed by atoms with E-state index in [4.69, 9.17) is 16.3 Å². The molecule has 9 heteroatoms. The topological polar surface area (TPSA) is 93.5 Å². The van der Waals surface area contributed by atoms with Gasteiger partial charge in [0.1, 0.15) is 10.8 Å². The Morgan fingerprint density at radius 1 is 1.31 bits per heavy atom. The quantitative estimate of drug-likeness (QED) is 0.722. The molecule has 0 aliphatic heterocycles. The van der Waals surface area contributed by atoms with Crippen molar-refractivity contribution in [1.29, 1.82) is 0 Å². The van der Waals surface area contributed by atoms with Crippen LogP contribution in [0.3, 0.4) is 0 Å². The van der Waals surface area contributed by atoms with Crippen molar-refractivity contribution in [3.8, 4) is 17.1 Å². The van der Waals surface area contributed by atoms with Crippen LogP contribution in [-0.4, -0.2) is 40.1 Å². The minimum absolute atomic E-state index is 0.154. The zero-order valence-corrected chi connectivity index (χ0v) is 15.9. The highest BCUT2D eigenvalue weighted by molar-refractivity contribution is 6.34. The minimum Gasteiger partial charge on any atom is -0.496 e. The maximum atomic E-state index is 11.3. The molecule has 0 saturated carbocycles. The van der Waals surface area contributed by atoms with Gasteiger partial charge in [-0.3, -0.25) is 10.4 Å². The average Bonchev–Trinajstić information content (AvgIpc) is 3.14. The number of nitrogens with one attached hydrogen (secondary N) is 2. The van der Waals surface area contributed by atoms with Gasteiger partial charge in [0.2, 0.25) is 0 Å². The summed E-state index contributed by atoms with van der Waals surface area (Å²) >= 11 is 6.47. The van der Waals surface area contributed by atoms with Gasteiger partial charge >= 0.3 is 6.09 Å². The summed E-state index contributed by atoms with van der Waals surface area (Å²) in [7, 11) is 2.83. The Morgan fingerprint density at radius 3 is 2.62 bits per heavy atom. The molecule has 1 amide bonds. The van der Waals surface area contributed by atoms with Gasteiger partial charge in [0, 0.05) is 17.2 Å². The lowest BCUT2D eigenvalue weighted by atomic mass is 9.92. The van der Waals surface area contributed by atoms with E-state index in [-0.39, 0.29) is 5.41 Å². The van der Waals surface area contributed by atoms with E-state index in [0.717, 1.165) is 5.69 Å². The van der Waals surface area contributed by atoms with E-state index in [9.17, 15) is 4.79 Å². The van der Waals surface area contributed by atoms with E-state index in [0.29, 0.717) is 33.5 Å². The van der Waals surface area contributed by atoms with Gasteiger partial charge in [-0.05, 0) is 12.1 Å². The molecular formula is C17H20ClN5O3. The molecule has 26 heavy (non-hydrogen) atoms. The van der Waals surface area contributed by atoms with E-state index in [1.807, 2.05) is 0 Å². The molecule has 2 aromatic heterocycles. The third kappa shape index (κ3) is 3.20. The number of hydrogen-bond acceptors (Lipinski definition) is 5. The lowest BCUT2D eigenvalue weighted by Crippen LogP contribution is -2.13. The molecule has 138 valence electrons. The zero-order chi connectivity index (χ0) is 19.1. The molecule has 2 heterocycles. The number of nitrogens with zero attached hydrogens (tertiary/aromatic N) is 3. The number of carbonyl (C=O) groups excluding carboxylic acids is 1. The largest absolute Gasteiger partial charge is 0.496 e. The van der Waals surface area contributed by atoms with Gasteiger partial charge in [-0.15, -0.1) is 5.10 Å². The Hall–Kier alpha value is -2.74. The number of fused-ring (bicyclic) bond motifs is 1. The average molecular weight is 378 g/mol. The Kier molecular flexibility index (Phi) is 4.53. The van der Waals surface area contributed by atoms with Crippen LogP contribution in [0.1, 0.15) is 26.5 Å². The number of anilines is 1. The molecule has 3 rings (SSSR count). The van der Waals surface area contributed by atoms with E-state index >= 15 is 0 Å². The van der Waals surface area contributed by atoms with Crippen LogP contribution < -0.4 is 10.1 Å². The molecule has 0 saturated heterocycles. The molecule has 0 radical (unpaired) electrons. The highest BCUT2D eigenvalue weighted by atomic mass is 35.5. The normalized spacial score (nSPS) is 11.6. The number of benzene rings is 1. The van der Waals surface area contributed by atoms with Crippen LogP contribution in [0.4, 0.5) is 10.5 Å². The predicted molar refractivity (Wildman–Crippen MR) is 99.1 cm³/mol. The SMILES string of the molecule is COC(=O)Nc1ccc(-c2nc3c(Cl)c(C(C)(C)C)[nH]n3n2)c(OC)c1. The van der Waals surface area contributed by atoms with Crippen LogP contribution in [0.2, 0.25) is 5.02 Å². The third-order valence-electron chi connectivity index (χ3n) is 3.86. The van der Waals surface area contributed by atoms with Crippen LogP contribution in [-0.2, 0) is 10.2 Å². The second-order valence-electron chi connectivity index (χ2n) is 6.75. The lowest BCUT2D eigenvalue weighted by Gasteiger charge is -2.16. The molecule has 0 aliphatic rings. The van der Waals surface area contributed by atoms with E-state index in [1.54, 1.807) is 22.8 Å². The summed E-state index contributed by atoms with van der Waals surface area (Å²) in [6, 6.07) is 5.15. The van der Waals surface area contributed by atoms with Crippen molar-refractivity contribution in [2.75, 3.05) is 19.5 Å². The van der Waals surface area contributed by atoms with Crippen molar-refractivity contribution < 1.29 is 14.3 Å². The number of H-pyrrole nitrogens is 1. The zero-order valence-electron chi connectivity index (χ0n) is 15.2. The molecule has 0 fully saturated rings. The Labute approximate surface area is 155 Å². The summed E-state index contributed by atoms with van der Waals surface area (Å²) in [5.74, 6) is 0.972. The first-order valence-electron chi connectivity index (χ1n) is 7.92. The first-order chi connectivity index (χ1) is 12.2. The van der Waals surface area contributed by atoms with Crippen molar-refractivity contribution in [3.63, 3.8) is 0 Å². The van der Waals surface area contributed by atoms with E-state index < -0.39 is 6.09 Å².